The maximum Gasteiger partial charge on any atom is 0.319 e. The molecule has 1 atom stereocenters. The summed E-state index contributed by atoms with van der Waals surface area (Å²) in [6.45, 7) is -0.175. The normalized spacial score (nSPS) is 19.4. The van der Waals surface area contributed by atoms with Gasteiger partial charge in [-0.1, -0.05) is 18.2 Å². The van der Waals surface area contributed by atoms with Crippen LogP contribution in [0.15, 0.2) is 30.3 Å². The molecule has 0 bridgehead atoms. The summed E-state index contributed by atoms with van der Waals surface area (Å²) in [6, 6.07) is 8.08. The first kappa shape index (κ1) is 16.3. The second-order valence-corrected chi connectivity index (χ2v) is 7.46. The molecule has 1 aliphatic heterocycles. The second-order valence-electron chi connectivity index (χ2n) is 5.24. The molecule has 22 heavy (non-hydrogen) atoms. The van der Waals surface area contributed by atoms with E-state index in [2.05, 4.69) is 10.6 Å². The van der Waals surface area contributed by atoms with Gasteiger partial charge in [-0.15, -0.1) is 0 Å². The van der Waals surface area contributed by atoms with Crippen molar-refractivity contribution in [3.63, 3.8) is 0 Å². The van der Waals surface area contributed by atoms with Crippen LogP contribution >= 0.6 is 0 Å². The number of urea groups is 1. The average molecular weight is 325 g/mol. The molecule has 2 rings (SSSR count). The number of nitrogens with zero attached hydrogens (tertiary/aromatic N) is 1. The molecule has 1 heterocycles. The minimum atomic E-state index is -3.04. The Bertz CT molecular complexity index is 645. The third kappa shape index (κ3) is 4.45. The first-order valence-corrected chi connectivity index (χ1v) is 8.75. The van der Waals surface area contributed by atoms with Crippen molar-refractivity contribution in [3.8, 4) is 0 Å². The highest BCUT2D eigenvalue weighted by molar-refractivity contribution is 7.91. The molecular formula is C14H19N3O4S. The van der Waals surface area contributed by atoms with Gasteiger partial charge in [0.2, 0.25) is 5.91 Å². The predicted octanol–water partition coefficient (Wildman–Crippen LogP) is 0.454. The highest BCUT2D eigenvalue weighted by Gasteiger charge is 2.32. The summed E-state index contributed by atoms with van der Waals surface area (Å²) < 4.78 is 22.8. The van der Waals surface area contributed by atoms with Crippen LogP contribution in [-0.4, -0.2) is 56.4 Å². The van der Waals surface area contributed by atoms with E-state index >= 15 is 0 Å². The Kier molecular flexibility index (Phi) is 5.02. The van der Waals surface area contributed by atoms with Crippen LogP contribution in [0.2, 0.25) is 0 Å². The van der Waals surface area contributed by atoms with Gasteiger partial charge in [0.15, 0.2) is 9.84 Å². The maximum atomic E-state index is 12.0. The van der Waals surface area contributed by atoms with E-state index in [0.717, 1.165) is 0 Å². The number of anilines is 1. The molecule has 120 valence electrons. The van der Waals surface area contributed by atoms with Crippen LogP contribution in [0.1, 0.15) is 6.42 Å². The Morgan fingerprint density at radius 1 is 1.27 bits per heavy atom. The fourth-order valence-corrected chi connectivity index (χ4v) is 4.04. The minimum Gasteiger partial charge on any atom is -0.340 e. The lowest BCUT2D eigenvalue weighted by molar-refractivity contribution is -0.130. The number of hydrogen-bond acceptors (Lipinski definition) is 4. The summed E-state index contributed by atoms with van der Waals surface area (Å²) in [5, 5.41) is 5.07. The van der Waals surface area contributed by atoms with E-state index in [-0.39, 0.29) is 30.0 Å². The minimum absolute atomic E-state index is 0.00848. The van der Waals surface area contributed by atoms with Crippen LogP contribution in [-0.2, 0) is 14.6 Å². The molecule has 1 unspecified atom stereocenters. The highest BCUT2D eigenvalue weighted by atomic mass is 32.2. The number of amides is 3. The summed E-state index contributed by atoms with van der Waals surface area (Å²) in [5.41, 5.74) is 0.627. The molecule has 0 aromatic heterocycles. The number of benzene rings is 1. The van der Waals surface area contributed by atoms with Crippen LogP contribution in [0.25, 0.3) is 0 Å². The molecule has 0 radical (unpaired) electrons. The smallest absolute Gasteiger partial charge is 0.319 e. The molecule has 1 aromatic rings. The lowest BCUT2D eigenvalue weighted by atomic mass is 10.2. The van der Waals surface area contributed by atoms with Crippen molar-refractivity contribution in [2.75, 3.05) is 30.4 Å². The summed E-state index contributed by atoms with van der Waals surface area (Å²) in [5.74, 6) is -0.215. The van der Waals surface area contributed by atoms with Gasteiger partial charge in [-0.3, -0.25) is 4.79 Å². The van der Waals surface area contributed by atoms with Gasteiger partial charge in [-0.05, 0) is 18.6 Å². The molecule has 0 spiro atoms. The van der Waals surface area contributed by atoms with E-state index in [4.69, 9.17) is 0 Å². The zero-order chi connectivity index (χ0) is 16.2. The van der Waals surface area contributed by atoms with Gasteiger partial charge in [0, 0.05) is 18.8 Å². The molecule has 3 amide bonds. The number of carbonyl (C=O) groups is 2. The van der Waals surface area contributed by atoms with Crippen LogP contribution in [0.4, 0.5) is 10.5 Å². The average Bonchev–Trinajstić information content (AvgIpc) is 2.85. The number of hydrogen-bond donors (Lipinski definition) is 2. The molecule has 1 aliphatic rings. The van der Waals surface area contributed by atoms with Gasteiger partial charge >= 0.3 is 6.03 Å². The lowest BCUT2D eigenvalue weighted by Crippen LogP contribution is -2.44. The van der Waals surface area contributed by atoms with Crippen LogP contribution in [0.5, 0.6) is 0 Å². The Morgan fingerprint density at radius 2 is 1.95 bits per heavy atom. The summed E-state index contributed by atoms with van der Waals surface area (Å²) in [7, 11) is -1.48. The third-order valence-corrected chi connectivity index (χ3v) is 5.33. The molecule has 1 fully saturated rings. The van der Waals surface area contributed by atoms with Crippen molar-refractivity contribution < 1.29 is 18.0 Å². The van der Waals surface area contributed by atoms with Gasteiger partial charge in [-0.25, -0.2) is 13.2 Å². The molecule has 0 aliphatic carbocycles. The molecular weight excluding hydrogens is 306 g/mol. The zero-order valence-corrected chi connectivity index (χ0v) is 13.1. The van der Waals surface area contributed by atoms with Crippen LogP contribution in [0.3, 0.4) is 0 Å². The second kappa shape index (κ2) is 6.78. The van der Waals surface area contributed by atoms with E-state index in [1.807, 2.05) is 6.07 Å². The van der Waals surface area contributed by atoms with E-state index in [0.29, 0.717) is 12.1 Å². The quantitative estimate of drug-likeness (QED) is 0.840. The van der Waals surface area contributed by atoms with E-state index in [1.54, 1.807) is 31.3 Å². The number of rotatable bonds is 4. The van der Waals surface area contributed by atoms with Crippen LogP contribution in [0, 0.1) is 0 Å². The van der Waals surface area contributed by atoms with E-state index in [9.17, 15) is 18.0 Å². The van der Waals surface area contributed by atoms with Crippen molar-refractivity contribution in [1.29, 1.82) is 0 Å². The Balaban J connectivity index is 1.79. The molecule has 1 aromatic carbocycles. The molecule has 1 saturated heterocycles. The van der Waals surface area contributed by atoms with Crippen molar-refractivity contribution in [3.05, 3.63) is 30.3 Å². The van der Waals surface area contributed by atoms with Crippen molar-refractivity contribution in [2.45, 2.75) is 12.5 Å². The third-order valence-electron chi connectivity index (χ3n) is 3.58. The summed E-state index contributed by atoms with van der Waals surface area (Å²) >= 11 is 0. The first-order chi connectivity index (χ1) is 10.4. The van der Waals surface area contributed by atoms with Gasteiger partial charge in [0.25, 0.3) is 0 Å². The summed E-state index contributed by atoms with van der Waals surface area (Å²) in [6.07, 6.45) is 0.445. The lowest BCUT2D eigenvalue weighted by Gasteiger charge is -2.23. The molecule has 2 N–H and O–H groups in total. The van der Waals surface area contributed by atoms with Crippen LogP contribution < -0.4 is 10.6 Å². The Labute approximate surface area is 129 Å². The number of para-hydroxylation sites is 1. The van der Waals surface area contributed by atoms with Crippen molar-refractivity contribution in [2.24, 2.45) is 0 Å². The molecule has 8 heteroatoms. The molecule has 7 nitrogen and oxygen atoms in total. The highest BCUT2D eigenvalue weighted by Crippen LogP contribution is 2.16. The van der Waals surface area contributed by atoms with Crippen molar-refractivity contribution in [1.82, 2.24) is 10.2 Å². The maximum absolute atomic E-state index is 12.0. The largest absolute Gasteiger partial charge is 0.340 e. The SMILES string of the molecule is CN(C(=O)CNC(=O)Nc1ccccc1)C1CCS(=O)(=O)C1. The van der Waals surface area contributed by atoms with Gasteiger partial charge in [0.05, 0.1) is 18.1 Å². The standard InChI is InChI=1S/C14H19N3O4S/c1-17(12-7-8-22(20,21)10-12)13(18)9-15-14(19)16-11-5-3-2-4-6-11/h2-6,12H,7-10H2,1H3,(H2,15,16,19). The first-order valence-electron chi connectivity index (χ1n) is 6.93. The Hall–Kier alpha value is -2.09. The number of carbonyl (C=O) groups excluding carboxylic acids is 2. The van der Waals surface area contributed by atoms with Crippen molar-refractivity contribution >= 4 is 27.5 Å². The monoisotopic (exact) mass is 325 g/mol. The predicted molar refractivity (Wildman–Crippen MR) is 83.3 cm³/mol. The fraction of sp³-hybridized carbons (Fsp3) is 0.429. The van der Waals surface area contributed by atoms with Gasteiger partial charge in [-0.2, -0.15) is 0 Å². The van der Waals surface area contributed by atoms with Gasteiger partial charge < -0.3 is 15.5 Å². The fourth-order valence-electron chi connectivity index (χ4n) is 2.26. The number of nitrogens with one attached hydrogen (secondary N) is 2. The zero-order valence-electron chi connectivity index (χ0n) is 12.3. The van der Waals surface area contributed by atoms with Gasteiger partial charge in [0.1, 0.15) is 0 Å². The van der Waals surface area contributed by atoms with E-state index in [1.165, 1.54) is 4.90 Å². The number of sulfone groups is 1. The Morgan fingerprint density at radius 3 is 2.55 bits per heavy atom. The topological polar surface area (TPSA) is 95.6 Å². The van der Waals surface area contributed by atoms with E-state index < -0.39 is 15.9 Å². The number of likely N-dealkylation sites (N-methyl/N-ethyl adjacent to an activating group) is 1. The summed E-state index contributed by atoms with van der Waals surface area (Å²) in [4.78, 5) is 25.1. The molecule has 0 saturated carbocycles.